The summed E-state index contributed by atoms with van der Waals surface area (Å²) in [4.78, 5) is 14.2. The maximum absolute atomic E-state index is 11.8. The molecule has 0 bridgehead atoms. The van der Waals surface area contributed by atoms with Crippen LogP contribution >= 0.6 is 12.2 Å². The number of methoxy groups -OCH3 is 1. The van der Waals surface area contributed by atoms with Gasteiger partial charge < -0.3 is 15.4 Å². The molecule has 1 rings (SSSR count). The Bertz CT molecular complexity index is 258. The Kier molecular flexibility index (Phi) is 5.69. The molecule has 0 radical (unpaired) electrons. The van der Waals surface area contributed by atoms with Gasteiger partial charge in [0.15, 0.2) is 0 Å². The standard InChI is InChI=1S/C11H20N2O2S/c1-15-7-3-5-10(14)13-6-2-4-9(8-13)11(12)16/h9H,2-8H2,1H3,(H2,12,16). The molecule has 1 unspecified atom stereocenters. The Balaban J connectivity index is 2.35. The van der Waals surface area contributed by atoms with Gasteiger partial charge in [-0.05, 0) is 19.3 Å². The molecular weight excluding hydrogens is 224 g/mol. The molecule has 1 atom stereocenters. The summed E-state index contributed by atoms with van der Waals surface area (Å²) in [5, 5.41) is 0. The summed E-state index contributed by atoms with van der Waals surface area (Å²) < 4.78 is 4.93. The quantitative estimate of drug-likeness (QED) is 0.577. The Hall–Kier alpha value is -0.680. The monoisotopic (exact) mass is 244 g/mol. The van der Waals surface area contributed by atoms with Crippen molar-refractivity contribution in [3.8, 4) is 0 Å². The van der Waals surface area contributed by atoms with Crippen molar-refractivity contribution in [2.45, 2.75) is 25.7 Å². The van der Waals surface area contributed by atoms with Gasteiger partial charge in [0.2, 0.25) is 5.91 Å². The molecule has 0 aliphatic carbocycles. The van der Waals surface area contributed by atoms with Crippen LogP contribution in [0.1, 0.15) is 25.7 Å². The van der Waals surface area contributed by atoms with Gasteiger partial charge in [-0.15, -0.1) is 0 Å². The second-order valence-electron chi connectivity index (χ2n) is 4.18. The van der Waals surface area contributed by atoms with Crippen LogP contribution in [0, 0.1) is 5.92 Å². The summed E-state index contributed by atoms with van der Waals surface area (Å²) in [6.07, 6.45) is 3.34. The molecule has 1 aliphatic heterocycles. The smallest absolute Gasteiger partial charge is 0.222 e. The van der Waals surface area contributed by atoms with Gasteiger partial charge in [0.05, 0.1) is 4.99 Å². The van der Waals surface area contributed by atoms with Crippen LogP contribution in [0.2, 0.25) is 0 Å². The van der Waals surface area contributed by atoms with Crippen LogP contribution in [0.4, 0.5) is 0 Å². The SMILES string of the molecule is COCCCC(=O)N1CCCC(C(N)=S)C1. The van der Waals surface area contributed by atoms with Crippen molar-refractivity contribution >= 4 is 23.1 Å². The van der Waals surface area contributed by atoms with Crippen molar-refractivity contribution in [1.29, 1.82) is 0 Å². The predicted octanol–water partition coefficient (Wildman–Crippen LogP) is 0.938. The third-order valence-electron chi connectivity index (χ3n) is 2.92. The number of ether oxygens (including phenoxy) is 1. The fraction of sp³-hybridized carbons (Fsp3) is 0.818. The fourth-order valence-electron chi connectivity index (χ4n) is 1.96. The predicted molar refractivity (Wildman–Crippen MR) is 67.2 cm³/mol. The molecule has 16 heavy (non-hydrogen) atoms. The normalized spacial score (nSPS) is 20.8. The van der Waals surface area contributed by atoms with E-state index in [2.05, 4.69) is 0 Å². The molecule has 0 saturated carbocycles. The van der Waals surface area contributed by atoms with Crippen LogP contribution in [0.5, 0.6) is 0 Å². The fourth-order valence-corrected chi connectivity index (χ4v) is 2.15. The van der Waals surface area contributed by atoms with Crippen LogP contribution in [-0.4, -0.2) is 42.6 Å². The van der Waals surface area contributed by atoms with Crippen molar-refractivity contribution in [1.82, 2.24) is 4.90 Å². The summed E-state index contributed by atoms with van der Waals surface area (Å²) >= 11 is 4.98. The van der Waals surface area contributed by atoms with Gasteiger partial charge in [0, 0.05) is 39.1 Å². The summed E-state index contributed by atoms with van der Waals surface area (Å²) in [6.45, 7) is 2.17. The third-order valence-corrected chi connectivity index (χ3v) is 3.25. The lowest BCUT2D eigenvalue weighted by Gasteiger charge is -2.32. The van der Waals surface area contributed by atoms with E-state index < -0.39 is 0 Å². The molecule has 1 aliphatic rings. The minimum absolute atomic E-state index is 0.193. The third kappa shape index (κ3) is 4.06. The number of piperidine rings is 1. The van der Waals surface area contributed by atoms with Gasteiger partial charge in [-0.1, -0.05) is 12.2 Å². The molecule has 4 nitrogen and oxygen atoms in total. The van der Waals surface area contributed by atoms with E-state index in [-0.39, 0.29) is 11.8 Å². The molecule has 92 valence electrons. The zero-order chi connectivity index (χ0) is 12.0. The minimum Gasteiger partial charge on any atom is -0.393 e. The minimum atomic E-state index is 0.193. The molecule has 2 N–H and O–H groups in total. The molecule has 0 spiro atoms. The lowest BCUT2D eigenvalue weighted by molar-refractivity contribution is -0.132. The lowest BCUT2D eigenvalue weighted by atomic mass is 9.98. The van der Waals surface area contributed by atoms with E-state index in [0.717, 1.165) is 25.8 Å². The molecule has 1 saturated heterocycles. The van der Waals surface area contributed by atoms with Gasteiger partial charge in [-0.3, -0.25) is 4.79 Å². The number of amides is 1. The molecule has 0 aromatic heterocycles. The summed E-state index contributed by atoms with van der Waals surface area (Å²) in [6, 6.07) is 0. The highest BCUT2D eigenvalue weighted by Crippen LogP contribution is 2.17. The zero-order valence-electron chi connectivity index (χ0n) is 9.78. The van der Waals surface area contributed by atoms with Crippen molar-refractivity contribution < 1.29 is 9.53 Å². The van der Waals surface area contributed by atoms with Gasteiger partial charge in [-0.2, -0.15) is 0 Å². The van der Waals surface area contributed by atoms with E-state index >= 15 is 0 Å². The Labute approximate surface area is 102 Å². The Morgan fingerprint density at radius 1 is 1.62 bits per heavy atom. The van der Waals surface area contributed by atoms with Crippen molar-refractivity contribution in [2.24, 2.45) is 11.7 Å². The van der Waals surface area contributed by atoms with Crippen LogP contribution in [0.3, 0.4) is 0 Å². The number of nitrogens with two attached hydrogens (primary N) is 1. The second-order valence-corrected chi connectivity index (χ2v) is 4.65. The average Bonchev–Trinajstić information content (AvgIpc) is 2.29. The maximum atomic E-state index is 11.8. The first kappa shape index (κ1) is 13.4. The molecule has 0 aromatic rings. The number of thiocarbonyl (C=S) groups is 1. The van der Waals surface area contributed by atoms with E-state index in [4.69, 9.17) is 22.7 Å². The van der Waals surface area contributed by atoms with Crippen LogP contribution < -0.4 is 5.73 Å². The van der Waals surface area contributed by atoms with Crippen LogP contribution in [-0.2, 0) is 9.53 Å². The summed E-state index contributed by atoms with van der Waals surface area (Å²) in [5.41, 5.74) is 5.62. The largest absolute Gasteiger partial charge is 0.393 e. The first-order chi connectivity index (χ1) is 7.65. The van der Waals surface area contributed by atoms with Crippen molar-refractivity contribution in [2.75, 3.05) is 26.8 Å². The number of likely N-dealkylation sites (tertiary alicyclic amines) is 1. The van der Waals surface area contributed by atoms with Gasteiger partial charge in [-0.25, -0.2) is 0 Å². The lowest BCUT2D eigenvalue weighted by Crippen LogP contribution is -2.43. The number of rotatable bonds is 5. The van der Waals surface area contributed by atoms with Crippen LogP contribution in [0.25, 0.3) is 0 Å². The molecule has 1 amide bonds. The first-order valence-corrected chi connectivity index (χ1v) is 6.12. The van der Waals surface area contributed by atoms with E-state index in [1.165, 1.54) is 0 Å². The maximum Gasteiger partial charge on any atom is 0.222 e. The van der Waals surface area contributed by atoms with Crippen molar-refractivity contribution in [3.63, 3.8) is 0 Å². The van der Waals surface area contributed by atoms with Gasteiger partial charge in [0.1, 0.15) is 0 Å². The topological polar surface area (TPSA) is 55.6 Å². The number of hydrogen-bond donors (Lipinski definition) is 1. The number of carbonyl (C=O) groups excluding carboxylic acids is 1. The van der Waals surface area contributed by atoms with E-state index in [1.54, 1.807) is 7.11 Å². The van der Waals surface area contributed by atoms with E-state index in [9.17, 15) is 4.79 Å². The average molecular weight is 244 g/mol. The van der Waals surface area contributed by atoms with E-state index in [0.29, 0.717) is 24.6 Å². The summed E-state index contributed by atoms with van der Waals surface area (Å²) in [5.74, 6) is 0.396. The number of nitrogens with zero attached hydrogens (tertiary/aromatic N) is 1. The second kappa shape index (κ2) is 6.81. The highest BCUT2D eigenvalue weighted by atomic mass is 32.1. The van der Waals surface area contributed by atoms with Crippen LogP contribution in [0.15, 0.2) is 0 Å². The Morgan fingerprint density at radius 3 is 3.00 bits per heavy atom. The van der Waals surface area contributed by atoms with Gasteiger partial charge in [0.25, 0.3) is 0 Å². The molecule has 1 heterocycles. The Morgan fingerprint density at radius 2 is 2.38 bits per heavy atom. The molecule has 1 fully saturated rings. The highest BCUT2D eigenvalue weighted by molar-refractivity contribution is 7.80. The zero-order valence-corrected chi connectivity index (χ0v) is 10.6. The number of hydrogen-bond acceptors (Lipinski definition) is 3. The molecular formula is C11H20N2O2S. The molecule has 0 aromatic carbocycles. The van der Waals surface area contributed by atoms with Gasteiger partial charge >= 0.3 is 0 Å². The number of carbonyl (C=O) groups is 1. The molecule has 5 heteroatoms. The first-order valence-electron chi connectivity index (χ1n) is 5.71. The van der Waals surface area contributed by atoms with E-state index in [1.807, 2.05) is 4.90 Å². The highest BCUT2D eigenvalue weighted by Gasteiger charge is 2.24. The summed E-state index contributed by atoms with van der Waals surface area (Å²) in [7, 11) is 1.65. The van der Waals surface area contributed by atoms with Crippen molar-refractivity contribution in [3.05, 3.63) is 0 Å².